The summed E-state index contributed by atoms with van der Waals surface area (Å²) in [6.07, 6.45) is 1.32. The van der Waals surface area contributed by atoms with E-state index in [0.29, 0.717) is 36.4 Å². The molecule has 0 unspecified atom stereocenters. The number of benzene rings is 1. The van der Waals surface area contributed by atoms with Gasteiger partial charge in [0, 0.05) is 30.1 Å². The quantitative estimate of drug-likeness (QED) is 0.716. The monoisotopic (exact) mass is 358 g/mol. The molecule has 1 aromatic carbocycles. The van der Waals surface area contributed by atoms with Crippen LogP contribution in [0, 0.1) is 0 Å². The second-order valence-electron chi connectivity index (χ2n) is 5.86. The largest absolute Gasteiger partial charge is 0.348 e. The molecule has 1 aromatic heterocycles. The molecule has 1 fully saturated rings. The first-order valence-corrected chi connectivity index (χ1v) is 8.43. The zero-order valence-electron chi connectivity index (χ0n) is 13.4. The molecule has 130 valence electrons. The minimum absolute atomic E-state index is 0.0310. The van der Waals surface area contributed by atoms with Gasteiger partial charge in [0.05, 0.1) is 5.56 Å². The van der Waals surface area contributed by atoms with E-state index in [9.17, 15) is 14.4 Å². The van der Waals surface area contributed by atoms with Crippen LogP contribution in [0.4, 0.5) is 0 Å². The lowest BCUT2D eigenvalue weighted by Gasteiger charge is -2.32. The zero-order chi connectivity index (χ0) is 17.8. The Labute approximate surface area is 149 Å². The van der Waals surface area contributed by atoms with Crippen molar-refractivity contribution in [3.05, 3.63) is 58.0 Å². The molecule has 25 heavy (non-hydrogen) atoms. The van der Waals surface area contributed by atoms with Crippen LogP contribution in [0.2, 0.25) is 0 Å². The van der Waals surface area contributed by atoms with Crippen molar-refractivity contribution in [3.8, 4) is 0 Å². The maximum atomic E-state index is 12.5. The summed E-state index contributed by atoms with van der Waals surface area (Å²) in [6.45, 7) is 1.12. The normalized spacial score (nSPS) is 15.0. The summed E-state index contributed by atoms with van der Waals surface area (Å²) in [7, 11) is 0. The highest BCUT2D eigenvalue weighted by molar-refractivity contribution is 7.80. The van der Waals surface area contributed by atoms with Crippen molar-refractivity contribution >= 4 is 24.4 Å². The van der Waals surface area contributed by atoms with Gasteiger partial charge in [0.25, 0.3) is 17.4 Å². The lowest BCUT2D eigenvalue weighted by Crippen LogP contribution is -2.46. The number of carbonyl (C=O) groups is 2. The third-order valence-electron chi connectivity index (χ3n) is 4.16. The van der Waals surface area contributed by atoms with Crippen molar-refractivity contribution in [3.63, 3.8) is 0 Å². The molecule has 1 saturated heterocycles. The van der Waals surface area contributed by atoms with Gasteiger partial charge in [-0.3, -0.25) is 14.4 Å². The summed E-state index contributed by atoms with van der Waals surface area (Å²) in [6, 6.07) is 9.83. The van der Waals surface area contributed by atoms with E-state index in [4.69, 9.17) is 0 Å². The van der Waals surface area contributed by atoms with Crippen LogP contribution in [-0.2, 0) is 0 Å². The molecular formula is C17H18N4O3S. The number of thiol groups is 1. The van der Waals surface area contributed by atoms with Gasteiger partial charge in [0.15, 0.2) is 0 Å². The molecule has 1 aliphatic heterocycles. The second-order valence-corrected chi connectivity index (χ2v) is 6.35. The fourth-order valence-corrected chi connectivity index (χ4v) is 3.04. The summed E-state index contributed by atoms with van der Waals surface area (Å²) in [5.41, 5.74) is 0.403. The molecule has 7 nitrogen and oxygen atoms in total. The summed E-state index contributed by atoms with van der Waals surface area (Å²) in [5.74, 6) is -0.376. The summed E-state index contributed by atoms with van der Waals surface area (Å²) in [5, 5.41) is 8.84. The third-order valence-corrected chi connectivity index (χ3v) is 4.55. The van der Waals surface area contributed by atoms with Crippen molar-refractivity contribution in [1.29, 1.82) is 0 Å². The lowest BCUT2D eigenvalue weighted by atomic mass is 10.0. The number of aromatic nitrogens is 2. The fourth-order valence-electron chi connectivity index (χ4n) is 2.78. The number of amides is 2. The van der Waals surface area contributed by atoms with Crippen LogP contribution < -0.4 is 10.9 Å². The van der Waals surface area contributed by atoms with E-state index in [1.54, 1.807) is 17.0 Å². The van der Waals surface area contributed by atoms with Crippen molar-refractivity contribution in [2.24, 2.45) is 0 Å². The molecule has 0 atom stereocenters. The topological polar surface area (TPSA) is 95.2 Å². The predicted octanol–water partition coefficient (Wildman–Crippen LogP) is 1.09. The minimum atomic E-state index is -0.354. The molecule has 8 heteroatoms. The molecular weight excluding hydrogens is 340 g/mol. The number of hydrogen-bond donors (Lipinski definition) is 3. The lowest BCUT2D eigenvalue weighted by molar-refractivity contribution is 0.0694. The highest BCUT2D eigenvalue weighted by atomic mass is 32.1. The number of hydrogen-bond acceptors (Lipinski definition) is 5. The highest BCUT2D eigenvalue weighted by Crippen LogP contribution is 2.19. The Hall–Kier alpha value is -2.61. The van der Waals surface area contributed by atoms with E-state index in [0.717, 1.165) is 0 Å². The minimum Gasteiger partial charge on any atom is -0.348 e. The number of H-pyrrole nitrogens is 1. The summed E-state index contributed by atoms with van der Waals surface area (Å²) < 4.78 is 0. The number of rotatable bonds is 3. The number of nitrogens with one attached hydrogen (secondary N) is 2. The summed E-state index contributed by atoms with van der Waals surface area (Å²) >= 11 is 4.33. The van der Waals surface area contributed by atoms with Crippen LogP contribution in [-0.4, -0.2) is 46.0 Å². The van der Waals surface area contributed by atoms with Gasteiger partial charge < -0.3 is 10.2 Å². The number of aromatic amines is 1. The van der Waals surface area contributed by atoms with E-state index in [1.165, 1.54) is 12.1 Å². The van der Waals surface area contributed by atoms with Crippen molar-refractivity contribution in [2.75, 3.05) is 13.1 Å². The highest BCUT2D eigenvalue weighted by Gasteiger charge is 2.25. The molecule has 2 heterocycles. The SMILES string of the molecule is O=C(NC1CCN(C(=O)c2ccccc2S)CC1)c1ccc(=O)[nH]n1. The molecule has 0 radical (unpaired) electrons. The Kier molecular flexibility index (Phi) is 5.18. The Bertz CT molecular complexity index is 823. The Morgan fingerprint density at radius 2 is 1.88 bits per heavy atom. The van der Waals surface area contributed by atoms with E-state index in [-0.39, 0.29) is 29.1 Å². The van der Waals surface area contributed by atoms with Crippen LogP contribution in [0.15, 0.2) is 46.1 Å². The van der Waals surface area contributed by atoms with Gasteiger partial charge in [-0.1, -0.05) is 12.1 Å². The van der Waals surface area contributed by atoms with Crippen LogP contribution in [0.3, 0.4) is 0 Å². The predicted molar refractivity (Wildman–Crippen MR) is 94.9 cm³/mol. The van der Waals surface area contributed by atoms with Gasteiger partial charge in [-0.05, 0) is 31.0 Å². The maximum Gasteiger partial charge on any atom is 0.271 e. The Morgan fingerprint density at radius 3 is 2.52 bits per heavy atom. The number of likely N-dealkylation sites (tertiary alicyclic amines) is 1. The van der Waals surface area contributed by atoms with Gasteiger partial charge in [-0.15, -0.1) is 12.6 Å². The first-order valence-electron chi connectivity index (χ1n) is 7.98. The maximum absolute atomic E-state index is 12.5. The second kappa shape index (κ2) is 7.52. The molecule has 0 spiro atoms. The van der Waals surface area contributed by atoms with Crippen molar-refractivity contribution in [2.45, 2.75) is 23.8 Å². The Morgan fingerprint density at radius 1 is 1.16 bits per heavy atom. The number of piperidine rings is 1. The molecule has 0 saturated carbocycles. The van der Waals surface area contributed by atoms with Crippen molar-refractivity contribution < 1.29 is 9.59 Å². The van der Waals surface area contributed by atoms with E-state index in [2.05, 4.69) is 28.1 Å². The van der Waals surface area contributed by atoms with E-state index >= 15 is 0 Å². The van der Waals surface area contributed by atoms with Crippen LogP contribution >= 0.6 is 12.6 Å². The molecule has 0 bridgehead atoms. The number of carbonyl (C=O) groups excluding carboxylic acids is 2. The average Bonchev–Trinajstić information content (AvgIpc) is 2.63. The average molecular weight is 358 g/mol. The molecule has 3 rings (SSSR count). The fraction of sp³-hybridized carbons (Fsp3) is 0.294. The van der Waals surface area contributed by atoms with Crippen LogP contribution in [0.5, 0.6) is 0 Å². The van der Waals surface area contributed by atoms with Gasteiger partial charge in [-0.2, -0.15) is 5.10 Å². The third kappa shape index (κ3) is 4.08. The first-order chi connectivity index (χ1) is 12.0. The van der Waals surface area contributed by atoms with E-state index < -0.39 is 0 Å². The van der Waals surface area contributed by atoms with Crippen molar-refractivity contribution in [1.82, 2.24) is 20.4 Å². The zero-order valence-corrected chi connectivity index (χ0v) is 14.3. The van der Waals surface area contributed by atoms with Crippen LogP contribution in [0.1, 0.15) is 33.7 Å². The smallest absolute Gasteiger partial charge is 0.271 e. The molecule has 1 aliphatic rings. The first kappa shape index (κ1) is 17.2. The molecule has 2 amide bonds. The van der Waals surface area contributed by atoms with Gasteiger partial charge in [0.1, 0.15) is 5.69 Å². The van der Waals surface area contributed by atoms with Gasteiger partial charge in [0.2, 0.25) is 0 Å². The standard InChI is InChI=1S/C17H18N4O3S/c22-15-6-5-13(19-20-15)16(23)18-11-7-9-21(10-8-11)17(24)12-3-1-2-4-14(12)25/h1-6,11,25H,7-10H2,(H,18,23)(H,20,22). The van der Waals surface area contributed by atoms with Crippen LogP contribution in [0.25, 0.3) is 0 Å². The molecule has 2 aromatic rings. The van der Waals surface area contributed by atoms with Gasteiger partial charge >= 0.3 is 0 Å². The summed E-state index contributed by atoms with van der Waals surface area (Å²) in [4.78, 5) is 38.1. The molecule has 0 aliphatic carbocycles. The Balaban J connectivity index is 1.56. The number of nitrogens with zero attached hydrogens (tertiary/aromatic N) is 2. The van der Waals surface area contributed by atoms with Gasteiger partial charge in [-0.25, -0.2) is 5.10 Å². The van der Waals surface area contributed by atoms with E-state index in [1.807, 2.05) is 12.1 Å². The molecule has 2 N–H and O–H groups in total.